The molecule has 9 heteroatoms. The third-order valence-electron chi connectivity index (χ3n) is 4.15. The number of carbonyl (C=O) groups is 1. The summed E-state index contributed by atoms with van der Waals surface area (Å²) in [4.78, 5) is 22.4. The molecular weight excluding hydrogens is 390 g/mol. The molecule has 0 bridgehead atoms. The number of fused-ring (bicyclic) bond motifs is 1. The van der Waals surface area contributed by atoms with E-state index in [0.717, 1.165) is 11.8 Å². The topological polar surface area (TPSA) is 67.3 Å². The van der Waals surface area contributed by atoms with Crippen LogP contribution in [0.1, 0.15) is 37.6 Å². The number of hydrogen-bond donors (Lipinski definition) is 1. The predicted molar refractivity (Wildman–Crippen MR) is 101 cm³/mol. The van der Waals surface area contributed by atoms with Crippen LogP contribution in [0, 0.1) is 11.6 Å². The number of benzene rings is 1. The van der Waals surface area contributed by atoms with E-state index in [1.807, 2.05) is 0 Å². The second-order valence-corrected chi connectivity index (χ2v) is 7.85. The Kier molecular flexibility index (Phi) is 5.69. The maximum absolute atomic E-state index is 13.9. The van der Waals surface area contributed by atoms with Crippen LogP contribution in [0.2, 0.25) is 5.28 Å². The van der Waals surface area contributed by atoms with Gasteiger partial charge in [-0.25, -0.2) is 23.5 Å². The van der Waals surface area contributed by atoms with Gasteiger partial charge >= 0.3 is 6.09 Å². The van der Waals surface area contributed by atoms with Gasteiger partial charge in [0.2, 0.25) is 5.28 Å². The molecule has 0 atom stereocenters. The summed E-state index contributed by atoms with van der Waals surface area (Å²) in [5.74, 6) is -0.888. The average molecular weight is 411 g/mol. The number of amides is 1. The van der Waals surface area contributed by atoms with Crippen LogP contribution < -0.4 is 5.32 Å². The van der Waals surface area contributed by atoms with Crippen LogP contribution in [-0.2, 0) is 24.2 Å². The Labute approximate surface area is 166 Å². The molecule has 150 valence electrons. The van der Waals surface area contributed by atoms with E-state index in [9.17, 15) is 13.6 Å². The van der Waals surface area contributed by atoms with Crippen LogP contribution in [0.5, 0.6) is 0 Å². The minimum atomic E-state index is -0.656. The summed E-state index contributed by atoms with van der Waals surface area (Å²) in [5, 5.41) is 3.08. The maximum atomic E-state index is 13.9. The van der Waals surface area contributed by atoms with E-state index in [4.69, 9.17) is 16.3 Å². The molecule has 3 rings (SSSR count). The Morgan fingerprint density at radius 3 is 2.75 bits per heavy atom. The Hall–Kier alpha value is -2.48. The number of ether oxygens (including phenoxy) is 1. The van der Waals surface area contributed by atoms with Gasteiger partial charge in [-0.3, -0.25) is 0 Å². The third-order valence-corrected chi connectivity index (χ3v) is 4.32. The molecule has 1 aliphatic rings. The molecule has 28 heavy (non-hydrogen) atoms. The zero-order valence-electron chi connectivity index (χ0n) is 15.9. The first-order valence-electron chi connectivity index (χ1n) is 8.83. The van der Waals surface area contributed by atoms with Gasteiger partial charge in [0, 0.05) is 36.7 Å². The first kappa shape index (κ1) is 20.3. The molecule has 0 fully saturated rings. The summed E-state index contributed by atoms with van der Waals surface area (Å²) in [6, 6.07) is 3.37. The lowest BCUT2D eigenvalue weighted by Gasteiger charge is -2.31. The number of carbonyl (C=O) groups excluding carboxylic acids is 1. The molecule has 1 amide bonds. The van der Waals surface area contributed by atoms with Crippen LogP contribution in [0.3, 0.4) is 0 Å². The molecule has 0 radical (unpaired) electrons. The molecular formula is C19H21ClF2N4O2. The minimum Gasteiger partial charge on any atom is -0.444 e. The monoisotopic (exact) mass is 410 g/mol. The number of rotatable bonds is 3. The lowest BCUT2D eigenvalue weighted by atomic mass is 10.1. The number of nitrogens with one attached hydrogen (secondary N) is 1. The predicted octanol–water partition coefficient (Wildman–Crippen LogP) is 4.31. The van der Waals surface area contributed by atoms with Crippen molar-refractivity contribution in [3.8, 4) is 0 Å². The number of hydrogen-bond acceptors (Lipinski definition) is 5. The first-order chi connectivity index (χ1) is 13.1. The highest BCUT2D eigenvalue weighted by molar-refractivity contribution is 6.28. The van der Waals surface area contributed by atoms with Crippen molar-refractivity contribution < 1.29 is 18.3 Å². The van der Waals surface area contributed by atoms with E-state index >= 15 is 0 Å². The Balaban J connectivity index is 1.80. The van der Waals surface area contributed by atoms with Crippen LogP contribution in [-0.4, -0.2) is 33.1 Å². The molecule has 0 spiro atoms. The first-order valence-corrected chi connectivity index (χ1v) is 9.21. The molecule has 0 saturated heterocycles. The average Bonchev–Trinajstić information content (AvgIpc) is 2.58. The number of anilines is 1. The van der Waals surface area contributed by atoms with Gasteiger partial charge in [0.15, 0.2) is 0 Å². The highest BCUT2D eigenvalue weighted by Crippen LogP contribution is 2.27. The zero-order chi connectivity index (χ0) is 20.5. The largest absolute Gasteiger partial charge is 0.444 e. The molecule has 6 nitrogen and oxygen atoms in total. The zero-order valence-corrected chi connectivity index (χ0v) is 16.6. The summed E-state index contributed by atoms with van der Waals surface area (Å²) in [6.07, 6.45) is 0.0692. The fourth-order valence-corrected chi connectivity index (χ4v) is 3.04. The van der Waals surface area contributed by atoms with Crippen molar-refractivity contribution in [2.75, 3.05) is 11.9 Å². The molecule has 1 N–H and O–H groups in total. The molecule has 0 aliphatic carbocycles. The number of halogens is 3. The lowest BCUT2D eigenvalue weighted by molar-refractivity contribution is 0.0223. The Morgan fingerprint density at radius 1 is 1.32 bits per heavy atom. The number of aromatic nitrogens is 2. The second-order valence-electron chi connectivity index (χ2n) is 7.51. The van der Waals surface area contributed by atoms with E-state index in [-0.39, 0.29) is 23.9 Å². The smallest absolute Gasteiger partial charge is 0.410 e. The highest BCUT2D eigenvalue weighted by atomic mass is 35.5. The van der Waals surface area contributed by atoms with Crippen molar-refractivity contribution in [2.24, 2.45) is 0 Å². The highest BCUT2D eigenvalue weighted by Gasteiger charge is 2.28. The molecule has 1 aromatic carbocycles. The van der Waals surface area contributed by atoms with E-state index in [1.54, 1.807) is 25.7 Å². The lowest BCUT2D eigenvalue weighted by Crippen LogP contribution is -2.40. The van der Waals surface area contributed by atoms with Crippen molar-refractivity contribution in [3.05, 3.63) is 51.9 Å². The van der Waals surface area contributed by atoms with Crippen molar-refractivity contribution in [1.82, 2.24) is 14.9 Å². The fourth-order valence-electron chi connectivity index (χ4n) is 2.86. The second kappa shape index (κ2) is 7.87. The maximum Gasteiger partial charge on any atom is 0.410 e. The normalized spacial score (nSPS) is 13.9. The molecule has 0 unspecified atom stereocenters. The van der Waals surface area contributed by atoms with Gasteiger partial charge in [-0.15, -0.1) is 0 Å². The van der Waals surface area contributed by atoms with E-state index in [2.05, 4.69) is 15.3 Å². The van der Waals surface area contributed by atoms with Crippen molar-refractivity contribution in [1.29, 1.82) is 0 Å². The molecule has 1 aromatic heterocycles. The molecule has 1 aliphatic heterocycles. The van der Waals surface area contributed by atoms with Gasteiger partial charge in [0.05, 0.1) is 12.2 Å². The summed E-state index contributed by atoms with van der Waals surface area (Å²) in [7, 11) is 0. The fraction of sp³-hybridized carbons (Fsp3) is 0.421. The SMILES string of the molecule is CC(C)(C)OC(=O)N1CCc2nc(Cl)nc(NCc3ccc(F)cc3F)c2C1. The Bertz CT molecular complexity index is 902. The van der Waals surface area contributed by atoms with Crippen LogP contribution >= 0.6 is 11.6 Å². The molecule has 2 aromatic rings. The van der Waals surface area contributed by atoms with E-state index < -0.39 is 23.3 Å². The van der Waals surface area contributed by atoms with E-state index in [0.29, 0.717) is 24.3 Å². The van der Waals surface area contributed by atoms with Crippen molar-refractivity contribution in [3.63, 3.8) is 0 Å². The van der Waals surface area contributed by atoms with Crippen LogP contribution in [0.25, 0.3) is 0 Å². The van der Waals surface area contributed by atoms with E-state index in [1.165, 1.54) is 12.1 Å². The Morgan fingerprint density at radius 2 is 2.07 bits per heavy atom. The number of nitrogens with zero attached hydrogens (tertiary/aromatic N) is 3. The van der Waals surface area contributed by atoms with Crippen molar-refractivity contribution >= 4 is 23.5 Å². The summed E-state index contributed by atoms with van der Waals surface area (Å²) in [6.45, 7) is 6.18. The quantitative estimate of drug-likeness (QED) is 0.763. The third kappa shape index (κ3) is 4.86. The van der Waals surface area contributed by atoms with Gasteiger partial charge in [-0.05, 0) is 38.4 Å². The van der Waals surface area contributed by atoms with Crippen molar-refractivity contribution in [2.45, 2.75) is 45.9 Å². The standard InChI is InChI=1S/C19H21ClF2N4O2/c1-19(2,3)28-18(27)26-7-6-15-13(10-26)16(25-17(20)24-15)23-9-11-4-5-12(21)8-14(11)22/h4-5,8H,6-7,9-10H2,1-3H3,(H,23,24,25). The van der Waals surface area contributed by atoms with Crippen LogP contribution in [0.15, 0.2) is 18.2 Å². The molecule has 2 heterocycles. The van der Waals surface area contributed by atoms with Gasteiger partial charge < -0.3 is 15.0 Å². The summed E-state index contributed by atoms with van der Waals surface area (Å²) in [5.41, 5.74) is 1.10. The van der Waals surface area contributed by atoms with Gasteiger partial charge in [0.25, 0.3) is 0 Å². The van der Waals surface area contributed by atoms with Gasteiger partial charge in [-0.1, -0.05) is 6.07 Å². The minimum absolute atomic E-state index is 0.0616. The summed E-state index contributed by atoms with van der Waals surface area (Å²) >= 11 is 6.01. The van der Waals surface area contributed by atoms with Crippen LogP contribution in [0.4, 0.5) is 19.4 Å². The molecule has 0 saturated carbocycles. The van der Waals surface area contributed by atoms with Gasteiger partial charge in [-0.2, -0.15) is 0 Å². The summed E-state index contributed by atoms with van der Waals surface area (Å²) < 4.78 is 32.4. The van der Waals surface area contributed by atoms with Gasteiger partial charge in [0.1, 0.15) is 23.1 Å².